The third kappa shape index (κ3) is 2.19. The van der Waals surface area contributed by atoms with Gasteiger partial charge in [-0.25, -0.2) is 8.42 Å². The molecule has 0 atom stereocenters. The van der Waals surface area contributed by atoms with E-state index >= 15 is 0 Å². The molecule has 0 amide bonds. The van der Waals surface area contributed by atoms with Gasteiger partial charge in [-0.1, -0.05) is 24.3 Å². The van der Waals surface area contributed by atoms with Gasteiger partial charge in [-0.05, 0) is 36.6 Å². The van der Waals surface area contributed by atoms with Crippen molar-refractivity contribution in [1.29, 1.82) is 0 Å². The minimum atomic E-state index is -3.56. The van der Waals surface area contributed by atoms with Crippen molar-refractivity contribution in [2.24, 2.45) is 0 Å². The first-order valence-corrected chi connectivity index (χ1v) is 8.40. The van der Waals surface area contributed by atoms with Gasteiger partial charge in [0.2, 0.25) is 9.84 Å². The summed E-state index contributed by atoms with van der Waals surface area (Å²) in [7, 11) is -3.56. The molecule has 1 aromatic carbocycles. The van der Waals surface area contributed by atoms with Crippen LogP contribution in [0.15, 0.2) is 68.1 Å². The molecule has 2 aromatic heterocycles. The Morgan fingerprint density at radius 2 is 1.80 bits per heavy atom. The molecule has 102 valence electrons. The second kappa shape index (κ2) is 4.92. The lowest BCUT2D eigenvalue weighted by Gasteiger charge is -2.03. The molecule has 5 heteroatoms. The van der Waals surface area contributed by atoms with Gasteiger partial charge in [-0.2, -0.15) is 0 Å². The van der Waals surface area contributed by atoms with Crippen molar-refractivity contribution in [3.8, 4) is 10.6 Å². The highest BCUT2D eigenvalue weighted by Gasteiger charge is 2.26. The van der Waals surface area contributed by atoms with E-state index in [1.165, 1.54) is 11.3 Å². The number of hydrogen-bond donors (Lipinski definition) is 0. The summed E-state index contributed by atoms with van der Waals surface area (Å²) >= 11 is 1.46. The van der Waals surface area contributed by atoms with Gasteiger partial charge in [0.05, 0.1) is 9.77 Å². The van der Waals surface area contributed by atoms with E-state index in [1.807, 2.05) is 17.5 Å². The topological polar surface area (TPSA) is 47.3 Å². The quantitative estimate of drug-likeness (QED) is 0.730. The third-order valence-electron chi connectivity index (χ3n) is 2.91. The molecule has 0 N–H and O–H groups in total. The van der Waals surface area contributed by atoms with Crippen molar-refractivity contribution in [2.75, 3.05) is 0 Å². The Morgan fingerprint density at radius 1 is 1.05 bits per heavy atom. The molecule has 0 radical (unpaired) electrons. The van der Waals surface area contributed by atoms with Crippen LogP contribution in [0.1, 0.15) is 5.76 Å². The van der Waals surface area contributed by atoms with Crippen molar-refractivity contribution < 1.29 is 12.8 Å². The Morgan fingerprint density at radius 3 is 2.45 bits per heavy atom. The molecule has 0 saturated heterocycles. The molecule has 0 aliphatic heterocycles. The molecule has 2 heterocycles. The molecule has 0 fully saturated rings. The first-order valence-electron chi connectivity index (χ1n) is 6.03. The van der Waals surface area contributed by atoms with Crippen molar-refractivity contribution in [3.63, 3.8) is 0 Å². The molecule has 0 bridgehead atoms. The Bertz CT molecular complexity index is 813. The van der Waals surface area contributed by atoms with Crippen LogP contribution in [0.3, 0.4) is 0 Å². The number of hydrogen-bond acceptors (Lipinski definition) is 4. The van der Waals surface area contributed by atoms with Crippen LogP contribution in [-0.2, 0) is 9.84 Å². The maximum absolute atomic E-state index is 12.7. The fourth-order valence-electron chi connectivity index (χ4n) is 2.00. The van der Waals surface area contributed by atoms with E-state index in [0.29, 0.717) is 11.5 Å². The lowest BCUT2D eigenvalue weighted by atomic mass is 10.3. The summed E-state index contributed by atoms with van der Waals surface area (Å²) in [6.07, 6.45) is 0. The number of aryl methyl sites for hydroxylation is 1. The van der Waals surface area contributed by atoms with E-state index < -0.39 is 9.84 Å². The number of rotatable bonds is 3. The summed E-state index contributed by atoms with van der Waals surface area (Å²) in [6.45, 7) is 1.75. The molecule has 0 spiro atoms. The Labute approximate surface area is 121 Å². The Balaban J connectivity index is 2.21. The Kier molecular flexibility index (Phi) is 3.23. The predicted octanol–water partition coefficient (Wildman–Crippen LogP) is 4.15. The second-order valence-electron chi connectivity index (χ2n) is 4.34. The molecular weight excluding hydrogens is 292 g/mol. The van der Waals surface area contributed by atoms with Crippen LogP contribution in [0.4, 0.5) is 0 Å². The van der Waals surface area contributed by atoms with Crippen LogP contribution < -0.4 is 0 Å². The standard InChI is InChI=1S/C15H12O3S2/c1-11-10-14(15(18-11)13-8-5-9-19-13)20(16,17)12-6-3-2-4-7-12/h2-10H,1H3. The van der Waals surface area contributed by atoms with Crippen LogP contribution in [0, 0.1) is 6.92 Å². The second-order valence-corrected chi connectivity index (χ2v) is 7.21. The number of furan rings is 1. The van der Waals surface area contributed by atoms with Gasteiger partial charge in [0.15, 0.2) is 5.76 Å². The number of benzene rings is 1. The van der Waals surface area contributed by atoms with Crippen LogP contribution in [0.25, 0.3) is 10.6 Å². The summed E-state index contributed by atoms with van der Waals surface area (Å²) in [5.41, 5.74) is 0. The zero-order valence-corrected chi connectivity index (χ0v) is 12.4. The van der Waals surface area contributed by atoms with E-state index in [-0.39, 0.29) is 9.79 Å². The van der Waals surface area contributed by atoms with Crippen molar-refractivity contribution in [2.45, 2.75) is 16.7 Å². The minimum absolute atomic E-state index is 0.226. The molecule has 0 saturated carbocycles. The summed E-state index contributed by atoms with van der Waals surface area (Å²) < 4.78 is 31.0. The van der Waals surface area contributed by atoms with Gasteiger partial charge in [-0.15, -0.1) is 11.3 Å². The summed E-state index contributed by atoms with van der Waals surface area (Å²) in [5, 5.41) is 1.89. The first-order chi connectivity index (χ1) is 9.59. The van der Waals surface area contributed by atoms with E-state index in [2.05, 4.69) is 0 Å². The highest BCUT2D eigenvalue weighted by Crippen LogP contribution is 2.36. The molecule has 20 heavy (non-hydrogen) atoms. The Hall–Kier alpha value is -1.85. The number of sulfone groups is 1. The molecule has 3 aromatic rings. The maximum Gasteiger partial charge on any atom is 0.210 e. The normalized spacial score (nSPS) is 11.7. The van der Waals surface area contributed by atoms with Crippen LogP contribution in [0.2, 0.25) is 0 Å². The average molecular weight is 304 g/mol. The predicted molar refractivity (Wildman–Crippen MR) is 78.7 cm³/mol. The lowest BCUT2D eigenvalue weighted by molar-refractivity contribution is 0.544. The van der Waals surface area contributed by atoms with Crippen molar-refractivity contribution in [3.05, 3.63) is 59.7 Å². The summed E-state index contributed by atoms with van der Waals surface area (Å²) in [5.74, 6) is 1.00. The molecule has 3 nitrogen and oxygen atoms in total. The molecule has 3 rings (SSSR count). The molecular formula is C15H12O3S2. The smallest absolute Gasteiger partial charge is 0.210 e. The first kappa shape index (κ1) is 13.1. The van der Waals surface area contributed by atoms with E-state index in [0.717, 1.165) is 4.88 Å². The number of thiophene rings is 1. The fourth-order valence-corrected chi connectivity index (χ4v) is 4.27. The van der Waals surface area contributed by atoms with Crippen LogP contribution in [-0.4, -0.2) is 8.42 Å². The van der Waals surface area contributed by atoms with Crippen molar-refractivity contribution >= 4 is 21.2 Å². The molecule has 0 unspecified atom stereocenters. The highest BCUT2D eigenvalue weighted by molar-refractivity contribution is 7.91. The zero-order valence-electron chi connectivity index (χ0n) is 10.7. The van der Waals surface area contributed by atoms with Gasteiger partial charge >= 0.3 is 0 Å². The van der Waals surface area contributed by atoms with E-state index in [1.54, 1.807) is 43.3 Å². The van der Waals surface area contributed by atoms with Gasteiger partial charge < -0.3 is 4.42 Å². The van der Waals surface area contributed by atoms with Gasteiger partial charge in [0.25, 0.3) is 0 Å². The highest BCUT2D eigenvalue weighted by atomic mass is 32.2. The summed E-state index contributed by atoms with van der Waals surface area (Å²) in [4.78, 5) is 1.31. The maximum atomic E-state index is 12.7. The van der Waals surface area contributed by atoms with Crippen molar-refractivity contribution in [1.82, 2.24) is 0 Å². The molecule has 0 aliphatic carbocycles. The van der Waals surface area contributed by atoms with Gasteiger partial charge in [-0.3, -0.25) is 0 Å². The van der Waals surface area contributed by atoms with E-state index in [9.17, 15) is 8.42 Å². The SMILES string of the molecule is Cc1cc(S(=O)(=O)c2ccccc2)c(-c2cccs2)o1. The van der Waals surface area contributed by atoms with E-state index in [4.69, 9.17) is 4.42 Å². The largest absolute Gasteiger partial charge is 0.459 e. The average Bonchev–Trinajstić information content (AvgIpc) is 3.08. The fraction of sp³-hybridized carbons (Fsp3) is 0.0667. The van der Waals surface area contributed by atoms with Gasteiger partial charge in [0, 0.05) is 0 Å². The monoisotopic (exact) mass is 304 g/mol. The zero-order chi connectivity index (χ0) is 14.2. The third-order valence-corrected chi connectivity index (χ3v) is 5.55. The van der Waals surface area contributed by atoms with Gasteiger partial charge in [0.1, 0.15) is 10.7 Å². The summed E-state index contributed by atoms with van der Waals surface area (Å²) in [6, 6.07) is 13.7. The van der Waals surface area contributed by atoms with Crippen LogP contribution >= 0.6 is 11.3 Å². The lowest BCUT2D eigenvalue weighted by Crippen LogP contribution is -2.01. The van der Waals surface area contributed by atoms with Crippen LogP contribution in [0.5, 0.6) is 0 Å². The minimum Gasteiger partial charge on any atom is -0.459 e. The molecule has 0 aliphatic rings.